The quantitative estimate of drug-likeness (QED) is 0.618. The zero-order chi connectivity index (χ0) is 20.0. The van der Waals surface area contributed by atoms with Crippen molar-refractivity contribution >= 4 is 33.2 Å². The summed E-state index contributed by atoms with van der Waals surface area (Å²) in [5.74, 6) is -0.591. The largest absolute Gasteiger partial charge is 0.465 e. The molecule has 1 aliphatic rings. The molecular formula is C17H27N3O5S2. The van der Waals surface area contributed by atoms with E-state index < -0.39 is 16.0 Å². The van der Waals surface area contributed by atoms with E-state index in [4.69, 9.17) is 0 Å². The third kappa shape index (κ3) is 5.07. The third-order valence-corrected chi connectivity index (χ3v) is 7.60. The highest BCUT2D eigenvalue weighted by molar-refractivity contribution is 7.89. The van der Waals surface area contributed by atoms with Crippen molar-refractivity contribution in [1.82, 2.24) is 14.1 Å². The van der Waals surface area contributed by atoms with E-state index in [1.807, 2.05) is 18.7 Å². The van der Waals surface area contributed by atoms with Gasteiger partial charge in [-0.2, -0.15) is 4.31 Å². The zero-order valence-corrected chi connectivity index (χ0v) is 17.6. The van der Waals surface area contributed by atoms with Crippen LogP contribution in [-0.2, 0) is 19.6 Å². The minimum atomic E-state index is -3.78. The van der Waals surface area contributed by atoms with Crippen molar-refractivity contribution in [2.24, 2.45) is 0 Å². The van der Waals surface area contributed by atoms with Gasteiger partial charge in [0, 0.05) is 32.7 Å². The number of carbonyl (C=O) groups is 2. The molecule has 1 amide bonds. The second-order valence-corrected chi connectivity index (χ2v) is 9.03. The van der Waals surface area contributed by atoms with Crippen molar-refractivity contribution < 1.29 is 22.7 Å². The van der Waals surface area contributed by atoms with Gasteiger partial charge in [0.1, 0.15) is 9.77 Å². The molecule has 1 fully saturated rings. The molecule has 0 unspecified atom stereocenters. The van der Waals surface area contributed by atoms with Crippen molar-refractivity contribution in [2.75, 3.05) is 52.9 Å². The van der Waals surface area contributed by atoms with E-state index in [-0.39, 0.29) is 22.2 Å². The van der Waals surface area contributed by atoms with Gasteiger partial charge in [-0.05, 0) is 38.3 Å². The van der Waals surface area contributed by atoms with Crippen molar-refractivity contribution in [3.63, 3.8) is 0 Å². The van der Waals surface area contributed by atoms with Gasteiger partial charge in [-0.25, -0.2) is 13.2 Å². The molecule has 1 saturated heterocycles. The van der Waals surface area contributed by atoms with Gasteiger partial charge in [0.15, 0.2) is 0 Å². The molecular weight excluding hydrogens is 390 g/mol. The molecule has 1 aromatic heterocycles. The number of rotatable bonds is 7. The minimum absolute atomic E-state index is 0.00739. The molecule has 1 aromatic rings. The van der Waals surface area contributed by atoms with E-state index in [0.29, 0.717) is 45.7 Å². The van der Waals surface area contributed by atoms with Gasteiger partial charge >= 0.3 is 5.97 Å². The van der Waals surface area contributed by atoms with Crippen LogP contribution in [0.25, 0.3) is 0 Å². The molecule has 0 aliphatic carbocycles. The number of sulfonamides is 1. The van der Waals surface area contributed by atoms with Gasteiger partial charge in [0.05, 0.1) is 13.7 Å². The van der Waals surface area contributed by atoms with Crippen molar-refractivity contribution in [1.29, 1.82) is 0 Å². The minimum Gasteiger partial charge on any atom is -0.465 e. The monoisotopic (exact) mass is 417 g/mol. The van der Waals surface area contributed by atoms with Crippen LogP contribution in [-0.4, -0.2) is 87.3 Å². The first-order chi connectivity index (χ1) is 12.8. The van der Waals surface area contributed by atoms with Crippen LogP contribution in [0.3, 0.4) is 0 Å². The number of hydrogen-bond acceptors (Lipinski definition) is 7. The van der Waals surface area contributed by atoms with Gasteiger partial charge in [-0.1, -0.05) is 0 Å². The maximum atomic E-state index is 13.0. The summed E-state index contributed by atoms with van der Waals surface area (Å²) < 4.78 is 32.1. The standard InChI is InChI=1S/C17H27N3O5S2/c1-4-19(5-2)15(21)13-18-8-6-9-20(11-10-18)27(23,24)14-7-12-26-16(14)17(22)25-3/h7,12H,4-6,8-11,13H2,1-3H3. The Balaban J connectivity index is 2.08. The van der Waals surface area contributed by atoms with Crippen LogP contribution < -0.4 is 0 Å². The van der Waals surface area contributed by atoms with E-state index in [1.54, 1.807) is 10.3 Å². The highest BCUT2D eigenvalue weighted by Crippen LogP contribution is 2.26. The number of hydrogen-bond donors (Lipinski definition) is 0. The molecule has 10 heteroatoms. The van der Waals surface area contributed by atoms with Gasteiger partial charge < -0.3 is 9.64 Å². The molecule has 0 atom stereocenters. The average molecular weight is 418 g/mol. The first-order valence-electron chi connectivity index (χ1n) is 9.01. The summed E-state index contributed by atoms with van der Waals surface area (Å²) in [6.45, 7) is 7.28. The van der Waals surface area contributed by atoms with Gasteiger partial charge in [0.2, 0.25) is 15.9 Å². The Morgan fingerprint density at radius 2 is 1.89 bits per heavy atom. The molecule has 0 N–H and O–H groups in total. The lowest BCUT2D eigenvalue weighted by atomic mass is 10.3. The van der Waals surface area contributed by atoms with Crippen LogP contribution in [0.2, 0.25) is 0 Å². The van der Waals surface area contributed by atoms with Crippen LogP contribution in [0.1, 0.15) is 29.9 Å². The van der Waals surface area contributed by atoms with E-state index in [2.05, 4.69) is 4.74 Å². The molecule has 2 rings (SSSR count). The molecule has 0 radical (unpaired) electrons. The number of ether oxygens (including phenoxy) is 1. The molecule has 152 valence electrons. The lowest BCUT2D eigenvalue weighted by Gasteiger charge is -2.25. The van der Waals surface area contributed by atoms with Crippen molar-refractivity contribution in [3.8, 4) is 0 Å². The lowest BCUT2D eigenvalue weighted by Crippen LogP contribution is -2.42. The first kappa shape index (κ1) is 21.8. The summed E-state index contributed by atoms with van der Waals surface area (Å²) >= 11 is 1.05. The Kier molecular flexibility index (Phi) is 7.78. The maximum Gasteiger partial charge on any atom is 0.349 e. The summed E-state index contributed by atoms with van der Waals surface area (Å²) in [5.41, 5.74) is 0. The Labute approximate surface area is 164 Å². The number of methoxy groups -OCH3 is 1. The molecule has 0 aromatic carbocycles. The summed E-state index contributed by atoms with van der Waals surface area (Å²) in [4.78, 5) is 28.0. The highest BCUT2D eigenvalue weighted by atomic mass is 32.2. The number of carbonyl (C=O) groups excluding carboxylic acids is 2. The number of likely N-dealkylation sites (N-methyl/N-ethyl adjacent to an activating group) is 1. The Bertz CT molecular complexity index is 758. The van der Waals surface area contributed by atoms with Crippen LogP contribution in [0.4, 0.5) is 0 Å². The van der Waals surface area contributed by atoms with Gasteiger partial charge in [0.25, 0.3) is 0 Å². The fraction of sp³-hybridized carbons (Fsp3) is 0.647. The summed E-state index contributed by atoms with van der Waals surface area (Å²) in [6.07, 6.45) is 0.627. The molecule has 0 spiro atoms. The summed E-state index contributed by atoms with van der Waals surface area (Å²) in [7, 11) is -2.55. The predicted molar refractivity (Wildman–Crippen MR) is 103 cm³/mol. The SMILES string of the molecule is CCN(CC)C(=O)CN1CCCN(S(=O)(=O)c2ccsc2C(=O)OC)CC1. The number of amides is 1. The highest BCUT2D eigenvalue weighted by Gasteiger charge is 2.32. The smallest absolute Gasteiger partial charge is 0.349 e. The Hall–Kier alpha value is -1.49. The van der Waals surface area contributed by atoms with Crippen LogP contribution in [0.15, 0.2) is 16.3 Å². The maximum absolute atomic E-state index is 13.0. The fourth-order valence-corrected chi connectivity index (χ4v) is 5.87. The van der Waals surface area contributed by atoms with E-state index >= 15 is 0 Å². The van der Waals surface area contributed by atoms with Crippen LogP contribution >= 0.6 is 11.3 Å². The second kappa shape index (κ2) is 9.63. The summed E-state index contributed by atoms with van der Waals surface area (Å²) in [6, 6.07) is 1.44. The molecule has 8 nitrogen and oxygen atoms in total. The molecule has 2 heterocycles. The van der Waals surface area contributed by atoms with Gasteiger partial charge in [-0.15, -0.1) is 11.3 Å². The Morgan fingerprint density at radius 3 is 2.52 bits per heavy atom. The first-order valence-corrected chi connectivity index (χ1v) is 11.3. The van der Waals surface area contributed by atoms with E-state index in [1.165, 1.54) is 17.5 Å². The molecule has 0 bridgehead atoms. The molecule has 27 heavy (non-hydrogen) atoms. The summed E-state index contributed by atoms with van der Waals surface area (Å²) in [5, 5.41) is 1.58. The zero-order valence-electron chi connectivity index (χ0n) is 16.0. The number of esters is 1. The number of nitrogens with zero attached hydrogens (tertiary/aromatic N) is 3. The van der Waals surface area contributed by atoms with Crippen LogP contribution in [0, 0.1) is 0 Å². The van der Waals surface area contributed by atoms with E-state index in [9.17, 15) is 18.0 Å². The van der Waals surface area contributed by atoms with Crippen molar-refractivity contribution in [3.05, 3.63) is 16.3 Å². The fourth-order valence-electron chi connectivity index (χ4n) is 3.09. The Morgan fingerprint density at radius 1 is 1.19 bits per heavy atom. The average Bonchev–Trinajstić information content (AvgIpc) is 3.03. The lowest BCUT2D eigenvalue weighted by molar-refractivity contribution is -0.132. The second-order valence-electron chi connectivity index (χ2n) is 6.21. The van der Waals surface area contributed by atoms with Crippen LogP contribution in [0.5, 0.6) is 0 Å². The number of thiophene rings is 1. The normalized spacial score (nSPS) is 16.7. The van der Waals surface area contributed by atoms with Crippen molar-refractivity contribution in [2.45, 2.75) is 25.2 Å². The van der Waals surface area contributed by atoms with E-state index in [0.717, 1.165) is 11.3 Å². The topological polar surface area (TPSA) is 87.2 Å². The van der Waals surface area contributed by atoms with Gasteiger partial charge in [-0.3, -0.25) is 9.69 Å². The molecule has 0 saturated carbocycles. The third-order valence-electron chi connectivity index (χ3n) is 4.64. The predicted octanol–water partition coefficient (Wildman–Crippen LogP) is 1.10. The molecule has 1 aliphatic heterocycles.